The van der Waals surface area contributed by atoms with Crippen molar-refractivity contribution >= 4 is 11.5 Å². The molecule has 3 heterocycles. The highest BCUT2D eigenvalue weighted by Crippen LogP contribution is 2.24. The van der Waals surface area contributed by atoms with E-state index in [2.05, 4.69) is 30.6 Å². The summed E-state index contributed by atoms with van der Waals surface area (Å²) in [6, 6.07) is 3.59. The van der Waals surface area contributed by atoms with E-state index in [4.69, 9.17) is 4.74 Å². The van der Waals surface area contributed by atoms with Crippen LogP contribution in [-0.4, -0.2) is 36.9 Å². The Morgan fingerprint density at radius 1 is 1.17 bits per heavy atom. The summed E-state index contributed by atoms with van der Waals surface area (Å²) in [7, 11) is 1.59. The van der Waals surface area contributed by atoms with Crippen molar-refractivity contribution in [3.8, 4) is 5.88 Å². The number of aromatic nitrogens is 6. The lowest BCUT2D eigenvalue weighted by Gasteiger charge is -2.17. The Bertz CT molecular complexity index is 845. The third-order valence-electron chi connectivity index (χ3n) is 4.05. The molecule has 0 aliphatic heterocycles. The molecule has 0 bridgehead atoms. The highest BCUT2D eigenvalue weighted by atomic mass is 16.5. The molecular weight excluding hydrogens is 294 g/mol. The van der Waals surface area contributed by atoms with Crippen LogP contribution in [0.5, 0.6) is 5.88 Å². The standard InChI is InChI=1S/C15H17N7O/c1-23-14-7-6-12-19-20-13(22(12)21-14)8-16-15-10-4-2-3-5-11(10)17-9-18-15/h6-7,9H,2-5,8H2,1H3,(H,16,17,18). The van der Waals surface area contributed by atoms with Crippen molar-refractivity contribution in [1.29, 1.82) is 0 Å². The topological polar surface area (TPSA) is 90.1 Å². The lowest BCUT2D eigenvalue weighted by Crippen LogP contribution is -2.13. The number of fused-ring (bicyclic) bond motifs is 2. The minimum Gasteiger partial charge on any atom is -0.480 e. The number of ether oxygens (including phenoxy) is 1. The molecular formula is C15H17N7O. The zero-order valence-corrected chi connectivity index (χ0v) is 12.9. The van der Waals surface area contributed by atoms with Crippen molar-refractivity contribution in [2.24, 2.45) is 0 Å². The second kappa shape index (κ2) is 5.79. The van der Waals surface area contributed by atoms with Crippen LogP contribution in [0.2, 0.25) is 0 Å². The zero-order valence-electron chi connectivity index (χ0n) is 12.9. The average Bonchev–Trinajstić information content (AvgIpc) is 3.02. The first kappa shape index (κ1) is 13.9. The fourth-order valence-electron chi connectivity index (χ4n) is 2.87. The number of rotatable bonds is 4. The van der Waals surface area contributed by atoms with Gasteiger partial charge in [0.05, 0.1) is 13.7 Å². The van der Waals surface area contributed by atoms with Gasteiger partial charge in [0.1, 0.15) is 12.1 Å². The molecule has 118 valence electrons. The highest BCUT2D eigenvalue weighted by Gasteiger charge is 2.16. The summed E-state index contributed by atoms with van der Waals surface area (Å²) in [4.78, 5) is 8.76. The van der Waals surface area contributed by atoms with Crippen LogP contribution >= 0.6 is 0 Å². The minimum absolute atomic E-state index is 0.491. The number of hydrogen-bond acceptors (Lipinski definition) is 7. The molecule has 1 aliphatic carbocycles. The van der Waals surface area contributed by atoms with Crippen molar-refractivity contribution in [3.05, 3.63) is 35.5 Å². The van der Waals surface area contributed by atoms with Crippen molar-refractivity contribution in [2.75, 3.05) is 12.4 Å². The molecule has 23 heavy (non-hydrogen) atoms. The lowest BCUT2D eigenvalue weighted by atomic mass is 9.96. The Balaban J connectivity index is 1.60. The van der Waals surface area contributed by atoms with E-state index in [0.29, 0.717) is 23.9 Å². The first-order chi connectivity index (χ1) is 11.3. The van der Waals surface area contributed by atoms with Crippen LogP contribution in [0, 0.1) is 0 Å². The second-order valence-electron chi connectivity index (χ2n) is 5.47. The zero-order chi connectivity index (χ0) is 15.6. The molecule has 0 atom stereocenters. The third kappa shape index (κ3) is 2.56. The molecule has 3 aromatic rings. The summed E-state index contributed by atoms with van der Waals surface area (Å²) < 4.78 is 6.84. The molecule has 1 aliphatic rings. The van der Waals surface area contributed by atoms with Crippen molar-refractivity contribution in [2.45, 2.75) is 32.2 Å². The number of hydrogen-bond donors (Lipinski definition) is 1. The van der Waals surface area contributed by atoms with Gasteiger partial charge in [0, 0.05) is 17.3 Å². The van der Waals surface area contributed by atoms with E-state index < -0.39 is 0 Å². The molecule has 0 saturated heterocycles. The van der Waals surface area contributed by atoms with Gasteiger partial charge >= 0.3 is 0 Å². The third-order valence-corrected chi connectivity index (χ3v) is 4.05. The summed E-state index contributed by atoms with van der Waals surface area (Å²) in [6.07, 6.45) is 6.05. The number of methoxy groups -OCH3 is 1. The molecule has 0 unspecified atom stereocenters. The van der Waals surface area contributed by atoms with Crippen LogP contribution in [0.3, 0.4) is 0 Å². The number of nitrogens with one attached hydrogen (secondary N) is 1. The van der Waals surface area contributed by atoms with Gasteiger partial charge in [0.2, 0.25) is 5.88 Å². The van der Waals surface area contributed by atoms with Crippen molar-refractivity contribution < 1.29 is 4.74 Å². The van der Waals surface area contributed by atoms with E-state index in [9.17, 15) is 0 Å². The van der Waals surface area contributed by atoms with Gasteiger partial charge < -0.3 is 10.1 Å². The average molecular weight is 311 g/mol. The van der Waals surface area contributed by atoms with E-state index in [0.717, 1.165) is 24.4 Å². The summed E-state index contributed by atoms with van der Waals surface area (Å²) >= 11 is 0. The first-order valence-corrected chi connectivity index (χ1v) is 7.67. The van der Waals surface area contributed by atoms with Gasteiger partial charge in [0.25, 0.3) is 0 Å². The quantitative estimate of drug-likeness (QED) is 0.779. The molecule has 4 rings (SSSR count). The van der Waals surface area contributed by atoms with Crippen LogP contribution in [0.25, 0.3) is 5.65 Å². The van der Waals surface area contributed by atoms with Crippen LogP contribution in [0.4, 0.5) is 5.82 Å². The molecule has 0 radical (unpaired) electrons. The van der Waals surface area contributed by atoms with Crippen LogP contribution < -0.4 is 10.1 Å². The molecule has 8 heteroatoms. The van der Waals surface area contributed by atoms with Gasteiger partial charge in [-0.3, -0.25) is 0 Å². The number of aryl methyl sites for hydroxylation is 1. The van der Waals surface area contributed by atoms with Crippen LogP contribution in [0.15, 0.2) is 18.5 Å². The van der Waals surface area contributed by atoms with E-state index >= 15 is 0 Å². The van der Waals surface area contributed by atoms with Crippen molar-refractivity contribution in [3.63, 3.8) is 0 Å². The van der Waals surface area contributed by atoms with Crippen LogP contribution in [0.1, 0.15) is 29.9 Å². The fourth-order valence-corrected chi connectivity index (χ4v) is 2.87. The van der Waals surface area contributed by atoms with Crippen LogP contribution in [-0.2, 0) is 19.4 Å². The van der Waals surface area contributed by atoms with Gasteiger partial charge in [-0.05, 0) is 31.7 Å². The molecule has 0 amide bonds. The van der Waals surface area contributed by atoms with E-state index in [1.54, 1.807) is 24.0 Å². The SMILES string of the molecule is COc1ccc2nnc(CNc3ncnc4c3CCCC4)n2n1. The fraction of sp³-hybridized carbons (Fsp3) is 0.400. The Kier molecular flexibility index (Phi) is 3.49. The van der Waals surface area contributed by atoms with E-state index in [-0.39, 0.29) is 0 Å². The smallest absolute Gasteiger partial charge is 0.231 e. The highest BCUT2D eigenvalue weighted by molar-refractivity contribution is 5.47. The molecule has 0 spiro atoms. The molecule has 1 N–H and O–H groups in total. The molecule has 0 aromatic carbocycles. The Labute approximate surface area is 132 Å². The van der Waals surface area contributed by atoms with Gasteiger partial charge in [-0.25, -0.2) is 9.97 Å². The summed E-state index contributed by atoms with van der Waals surface area (Å²) in [5, 5.41) is 16.0. The maximum Gasteiger partial charge on any atom is 0.231 e. The summed E-state index contributed by atoms with van der Waals surface area (Å²) in [5.41, 5.74) is 3.06. The van der Waals surface area contributed by atoms with Gasteiger partial charge in [-0.1, -0.05) is 0 Å². The Hall–Kier alpha value is -2.77. The summed E-state index contributed by atoms with van der Waals surface area (Å²) in [6.45, 7) is 0.491. The minimum atomic E-state index is 0.491. The Morgan fingerprint density at radius 2 is 2.09 bits per heavy atom. The first-order valence-electron chi connectivity index (χ1n) is 7.67. The predicted octanol–water partition coefficient (Wildman–Crippen LogP) is 1.41. The number of anilines is 1. The van der Waals surface area contributed by atoms with Gasteiger partial charge in [-0.15, -0.1) is 15.3 Å². The molecule has 0 saturated carbocycles. The molecule has 8 nitrogen and oxygen atoms in total. The Morgan fingerprint density at radius 3 is 3.00 bits per heavy atom. The molecule has 0 fully saturated rings. The van der Waals surface area contributed by atoms with Crippen molar-refractivity contribution in [1.82, 2.24) is 29.8 Å². The number of nitrogens with zero attached hydrogens (tertiary/aromatic N) is 6. The largest absolute Gasteiger partial charge is 0.480 e. The maximum absolute atomic E-state index is 5.16. The molecule has 3 aromatic heterocycles. The second-order valence-corrected chi connectivity index (χ2v) is 5.47. The van der Waals surface area contributed by atoms with Gasteiger partial charge in [0.15, 0.2) is 11.5 Å². The normalized spacial score (nSPS) is 13.8. The van der Waals surface area contributed by atoms with E-state index in [1.807, 2.05) is 6.07 Å². The monoisotopic (exact) mass is 311 g/mol. The predicted molar refractivity (Wildman–Crippen MR) is 83.3 cm³/mol. The maximum atomic E-state index is 5.16. The lowest BCUT2D eigenvalue weighted by molar-refractivity contribution is 0.389. The summed E-state index contributed by atoms with van der Waals surface area (Å²) in [5.74, 6) is 2.12. The van der Waals surface area contributed by atoms with E-state index in [1.165, 1.54) is 18.4 Å². The van der Waals surface area contributed by atoms with Gasteiger partial charge in [-0.2, -0.15) is 4.52 Å².